The van der Waals surface area contributed by atoms with E-state index in [0.717, 1.165) is 51.0 Å². The van der Waals surface area contributed by atoms with E-state index in [1.54, 1.807) is 24.3 Å². The number of carbonyl (C=O) groups is 1. The third kappa shape index (κ3) is 5.95. The molecule has 6 nitrogen and oxygen atoms in total. The van der Waals surface area contributed by atoms with Gasteiger partial charge in [0, 0.05) is 32.1 Å². The summed E-state index contributed by atoms with van der Waals surface area (Å²) in [7, 11) is -3.40. The molecule has 1 heterocycles. The molecule has 1 aliphatic heterocycles. The molecule has 1 aromatic rings. The van der Waals surface area contributed by atoms with Crippen molar-refractivity contribution in [2.45, 2.75) is 43.0 Å². The highest BCUT2D eigenvalue weighted by atomic mass is 35.5. The Morgan fingerprint density at radius 2 is 1.88 bits per heavy atom. The summed E-state index contributed by atoms with van der Waals surface area (Å²) in [6, 6.07) is 6.97. The van der Waals surface area contributed by atoms with Gasteiger partial charge >= 0.3 is 0 Å². The number of hydrogen-bond donors (Lipinski definition) is 2. The molecule has 3 rings (SSSR count). The van der Waals surface area contributed by atoms with Gasteiger partial charge in [0.1, 0.15) is 0 Å². The lowest BCUT2D eigenvalue weighted by Gasteiger charge is -2.19. The topological polar surface area (TPSA) is 78.5 Å². The molecule has 0 spiro atoms. The molecular weight excluding hydrogens is 362 g/mol. The number of amides is 1. The van der Waals surface area contributed by atoms with Crippen molar-refractivity contribution in [2.24, 2.45) is 0 Å². The standard InChI is InChI=1S/C17H25N3O3S.ClH/c21-17(20-12-1-10-18-11-13-20)9-4-14-2-7-16(8-3-14)24(22,23)19-15-5-6-15;/h2-3,7-8,15,18-19H,1,4-6,9-13H2;1H. The number of benzene rings is 1. The highest BCUT2D eigenvalue weighted by Crippen LogP contribution is 2.22. The maximum Gasteiger partial charge on any atom is 0.240 e. The van der Waals surface area contributed by atoms with Crippen molar-refractivity contribution in [1.29, 1.82) is 0 Å². The van der Waals surface area contributed by atoms with Crippen LogP contribution in [0.2, 0.25) is 0 Å². The van der Waals surface area contributed by atoms with E-state index in [0.29, 0.717) is 17.7 Å². The summed E-state index contributed by atoms with van der Waals surface area (Å²) < 4.78 is 26.9. The summed E-state index contributed by atoms with van der Waals surface area (Å²) in [5, 5.41) is 3.29. The van der Waals surface area contributed by atoms with Crippen molar-refractivity contribution in [3.05, 3.63) is 29.8 Å². The number of carbonyl (C=O) groups excluding carboxylic acids is 1. The van der Waals surface area contributed by atoms with Crippen LogP contribution in [0.15, 0.2) is 29.2 Å². The van der Waals surface area contributed by atoms with Crippen LogP contribution >= 0.6 is 12.4 Å². The number of nitrogens with zero attached hydrogens (tertiary/aromatic N) is 1. The lowest BCUT2D eigenvalue weighted by molar-refractivity contribution is -0.130. The van der Waals surface area contributed by atoms with Crippen molar-refractivity contribution < 1.29 is 13.2 Å². The van der Waals surface area contributed by atoms with Crippen LogP contribution in [0.3, 0.4) is 0 Å². The summed E-state index contributed by atoms with van der Waals surface area (Å²) >= 11 is 0. The van der Waals surface area contributed by atoms with Crippen LogP contribution in [0.5, 0.6) is 0 Å². The van der Waals surface area contributed by atoms with E-state index in [-0.39, 0.29) is 24.4 Å². The van der Waals surface area contributed by atoms with Crippen molar-refractivity contribution in [3.8, 4) is 0 Å². The Bertz CT molecular complexity index is 667. The normalized spacial score (nSPS) is 18.3. The average Bonchev–Trinajstić information content (AvgIpc) is 3.39. The molecule has 8 heteroatoms. The van der Waals surface area contributed by atoms with E-state index in [4.69, 9.17) is 0 Å². The van der Waals surface area contributed by atoms with Gasteiger partial charge in [-0.2, -0.15) is 0 Å². The second kappa shape index (κ2) is 8.98. The molecular formula is C17H26ClN3O3S. The first-order valence-corrected chi connectivity index (χ1v) is 10.1. The predicted octanol–water partition coefficient (Wildman–Crippen LogP) is 1.30. The van der Waals surface area contributed by atoms with E-state index < -0.39 is 10.0 Å². The fourth-order valence-electron chi connectivity index (χ4n) is 2.83. The lowest BCUT2D eigenvalue weighted by atomic mass is 10.1. The number of hydrogen-bond acceptors (Lipinski definition) is 4. The molecule has 25 heavy (non-hydrogen) atoms. The maximum atomic E-state index is 12.3. The largest absolute Gasteiger partial charge is 0.341 e. The summed E-state index contributed by atoms with van der Waals surface area (Å²) in [4.78, 5) is 14.5. The van der Waals surface area contributed by atoms with Gasteiger partial charge in [-0.25, -0.2) is 13.1 Å². The lowest BCUT2D eigenvalue weighted by Crippen LogP contribution is -2.34. The molecule has 2 N–H and O–H groups in total. The second-order valence-electron chi connectivity index (χ2n) is 6.52. The Balaban J connectivity index is 0.00000225. The van der Waals surface area contributed by atoms with Crippen molar-refractivity contribution >= 4 is 28.3 Å². The first kappa shape index (κ1) is 20.2. The van der Waals surface area contributed by atoms with Crippen LogP contribution in [-0.2, 0) is 21.2 Å². The average molecular weight is 388 g/mol. The first-order valence-electron chi connectivity index (χ1n) is 8.64. The van der Waals surface area contributed by atoms with E-state index in [9.17, 15) is 13.2 Å². The van der Waals surface area contributed by atoms with E-state index in [1.807, 2.05) is 4.90 Å². The molecule has 1 aliphatic carbocycles. The van der Waals surface area contributed by atoms with Crippen LogP contribution in [0.1, 0.15) is 31.2 Å². The molecule has 1 aromatic carbocycles. The maximum absolute atomic E-state index is 12.3. The summed E-state index contributed by atoms with van der Waals surface area (Å²) in [6.07, 6.45) is 3.94. The van der Waals surface area contributed by atoms with Gasteiger partial charge in [0.2, 0.25) is 15.9 Å². The fourth-order valence-corrected chi connectivity index (χ4v) is 4.13. The zero-order valence-electron chi connectivity index (χ0n) is 14.2. The fraction of sp³-hybridized carbons (Fsp3) is 0.588. The van der Waals surface area contributed by atoms with Crippen LogP contribution in [0, 0.1) is 0 Å². The van der Waals surface area contributed by atoms with Crippen LogP contribution in [0.4, 0.5) is 0 Å². The molecule has 1 saturated carbocycles. The van der Waals surface area contributed by atoms with Gasteiger partial charge < -0.3 is 10.2 Å². The predicted molar refractivity (Wildman–Crippen MR) is 99.4 cm³/mol. The molecule has 2 fully saturated rings. The Kier molecular flexibility index (Phi) is 7.25. The summed E-state index contributed by atoms with van der Waals surface area (Å²) in [5.74, 6) is 0.172. The highest BCUT2D eigenvalue weighted by molar-refractivity contribution is 7.89. The zero-order valence-corrected chi connectivity index (χ0v) is 15.9. The summed E-state index contributed by atoms with van der Waals surface area (Å²) in [6.45, 7) is 3.40. The molecule has 140 valence electrons. The van der Waals surface area contributed by atoms with Crippen molar-refractivity contribution in [1.82, 2.24) is 14.9 Å². The van der Waals surface area contributed by atoms with Gasteiger partial charge in [-0.3, -0.25) is 4.79 Å². The highest BCUT2D eigenvalue weighted by Gasteiger charge is 2.27. The van der Waals surface area contributed by atoms with Crippen LogP contribution < -0.4 is 10.0 Å². The van der Waals surface area contributed by atoms with Crippen LogP contribution in [0.25, 0.3) is 0 Å². The Hall–Kier alpha value is -1.15. The monoisotopic (exact) mass is 387 g/mol. The van der Waals surface area contributed by atoms with E-state index in [2.05, 4.69) is 10.0 Å². The van der Waals surface area contributed by atoms with E-state index >= 15 is 0 Å². The molecule has 0 bridgehead atoms. The summed E-state index contributed by atoms with van der Waals surface area (Å²) in [5.41, 5.74) is 0.988. The van der Waals surface area contributed by atoms with Gasteiger partial charge in [0.25, 0.3) is 0 Å². The molecule has 0 radical (unpaired) electrons. The molecule has 2 aliphatic rings. The van der Waals surface area contributed by atoms with Gasteiger partial charge in [0.15, 0.2) is 0 Å². The second-order valence-corrected chi connectivity index (χ2v) is 8.24. The number of nitrogens with one attached hydrogen (secondary N) is 2. The zero-order chi connectivity index (χ0) is 17.0. The Morgan fingerprint density at radius 3 is 2.56 bits per heavy atom. The van der Waals surface area contributed by atoms with Crippen LogP contribution in [-0.4, -0.2) is 51.4 Å². The number of sulfonamides is 1. The van der Waals surface area contributed by atoms with Crippen molar-refractivity contribution in [2.75, 3.05) is 26.2 Å². The molecule has 0 unspecified atom stereocenters. The van der Waals surface area contributed by atoms with Gasteiger partial charge in [-0.05, 0) is 49.9 Å². The van der Waals surface area contributed by atoms with E-state index in [1.165, 1.54) is 0 Å². The minimum Gasteiger partial charge on any atom is -0.341 e. The van der Waals surface area contributed by atoms with Gasteiger partial charge in [-0.15, -0.1) is 12.4 Å². The SMILES string of the molecule is Cl.O=C(CCc1ccc(S(=O)(=O)NC2CC2)cc1)N1CCCNCC1. The number of rotatable bonds is 6. The minimum atomic E-state index is -3.40. The molecule has 1 amide bonds. The Morgan fingerprint density at radius 1 is 1.16 bits per heavy atom. The Labute approximate surface area is 155 Å². The number of halogens is 1. The minimum absolute atomic E-state index is 0. The molecule has 0 atom stereocenters. The third-order valence-electron chi connectivity index (χ3n) is 4.45. The molecule has 1 saturated heterocycles. The smallest absolute Gasteiger partial charge is 0.240 e. The van der Waals surface area contributed by atoms with Gasteiger partial charge in [0.05, 0.1) is 4.90 Å². The quantitative estimate of drug-likeness (QED) is 0.771. The molecule has 0 aromatic heterocycles. The first-order chi connectivity index (χ1) is 11.5. The third-order valence-corrected chi connectivity index (χ3v) is 5.99. The van der Waals surface area contributed by atoms with Crippen molar-refractivity contribution in [3.63, 3.8) is 0 Å². The van der Waals surface area contributed by atoms with Gasteiger partial charge in [-0.1, -0.05) is 12.1 Å². The number of aryl methyl sites for hydroxylation is 1.